The highest BCUT2D eigenvalue weighted by molar-refractivity contribution is 7.99. The van der Waals surface area contributed by atoms with Gasteiger partial charge in [-0.1, -0.05) is 38.8 Å². The number of rotatable bonds is 5. The molecule has 0 aromatic heterocycles. The molecule has 0 spiro atoms. The van der Waals surface area contributed by atoms with Gasteiger partial charge in [0.1, 0.15) is 0 Å². The second-order valence-electron chi connectivity index (χ2n) is 5.68. The zero-order valence-corrected chi connectivity index (χ0v) is 12.9. The molecule has 3 atom stereocenters. The van der Waals surface area contributed by atoms with Gasteiger partial charge in [0, 0.05) is 10.9 Å². The summed E-state index contributed by atoms with van der Waals surface area (Å²) in [4.78, 5) is 1.35. The molecular weight excluding hydrogens is 252 g/mol. The monoisotopic (exact) mass is 278 g/mol. The molecule has 106 valence electrons. The van der Waals surface area contributed by atoms with Crippen molar-refractivity contribution in [2.24, 2.45) is 17.7 Å². The molecule has 19 heavy (non-hydrogen) atoms. The molecule has 2 rings (SSSR count). The number of hydrogen-bond acceptors (Lipinski definition) is 3. The third-order valence-corrected chi connectivity index (χ3v) is 5.07. The third-order valence-electron chi connectivity index (χ3n) is 4.18. The Kier molecular flexibility index (Phi) is 5.74. The van der Waals surface area contributed by atoms with E-state index in [9.17, 15) is 0 Å². The van der Waals surface area contributed by atoms with Crippen LogP contribution in [-0.4, -0.2) is 5.75 Å². The maximum Gasteiger partial charge on any atom is 0.0488 e. The molecule has 0 bridgehead atoms. The van der Waals surface area contributed by atoms with E-state index in [0.717, 1.165) is 11.7 Å². The first-order valence-electron chi connectivity index (χ1n) is 7.43. The van der Waals surface area contributed by atoms with E-state index in [4.69, 9.17) is 5.84 Å². The van der Waals surface area contributed by atoms with Crippen LogP contribution >= 0.6 is 11.8 Å². The summed E-state index contributed by atoms with van der Waals surface area (Å²) >= 11 is 1.89. The van der Waals surface area contributed by atoms with Crippen molar-refractivity contribution in [2.75, 3.05) is 5.75 Å². The highest BCUT2D eigenvalue weighted by Crippen LogP contribution is 2.37. The van der Waals surface area contributed by atoms with Crippen molar-refractivity contribution in [2.45, 2.75) is 50.5 Å². The molecule has 3 heteroatoms. The van der Waals surface area contributed by atoms with Crippen molar-refractivity contribution in [3.8, 4) is 0 Å². The van der Waals surface area contributed by atoms with E-state index < -0.39 is 0 Å². The Morgan fingerprint density at radius 3 is 2.63 bits per heavy atom. The van der Waals surface area contributed by atoms with Gasteiger partial charge in [-0.2, -0.15) is 0 Å². The fourth-order valence-corrected chi connectivity index (χ4v) is 3.89. The number of nitrogens with one attached hydrogen (secondary N) is 1. The Labute approximate surface area is 121 Å². The van der Waals surface area contributed by atoms with Gasteiger partial charge in [-0.25, -0.2) is 0 Å². The maximum atomic E-state index is 5.82. The van der Waals surface area contributed by atoms with Gasteiger partial charge in [-0.15, -0.1) is 11.8 Å². The van der Waals surface area contributed by atoms with Crippen LogP contribution in [-0.2, 0) is 0 Å². The average molecular weight is 278 g/mol. The lowest BCUT2D eigenvalue weighted by Gasteiger charge is -2.33. The molecule has 1 aliphatic rings. The zero-order chi connectivity index (χ0) is 13.7. The van der Waals surface area contributed by atoms with Crippen molar-refractivity contribution in [1.29, 1.82) is 0 Å². The van der Waals surface area contributed by atoms with Crippen LogP contribution in [0.5, 0.6) is 0 Å². The topological polar surface area (TPSA) is 38.0 Å². The van der Waals surface area contributed by atoms with Crippen LogP contribution in [0.2, 0.25) is 0 Å². The predicted molar refractivity (Wildman–Crippen MR) is 84.0 cm³/mol. The van der Waals surface area contributed by atoms with Crippen molar-refractivity contribution >= 4 is 11.8 Å². The minimum Gasteiger partial charge on any atom is -0.271 e. The molecule has 3 N–H and O–H groups in total. The SMILES string of the molecule is CCSc1ccc(C(NN)C2CCCC(C)C2)cc1. The Morgan fingerprint density at radius 1 is 1.32 bits per heavy atom. The van der Waals surface area contributed by atoms with Gasteiger partial charge in [-0.05, 0) is 48.1 Å². The molecule has 0 heterocycles. The largest absolute Gasteiger partial charge is 0.271 e. The molecule has 1 saturated carbocycles. The van der Waals surface area contributed by atoms with E-state index in [1.807, 2.05) is 11.8 Å². The molecule has 1 aromatic carbocycles. The van der Waals surface area contributed by atoms with Gasteiger partial charge in [0.2, 0.25) is 0 Å². The molecule has 1 aromatic rings. The maximum absolute atomic E-state index is 5.82. The number of hydrazine groups is 1. The molecule has 0 radical (unpaired) electrons. The van der Waals surface area contributed by atoms with Crippen LogP contribution in [0.25, 0.3) is 0 Å². The summed E-state index contributed by atoms with van der Waals surface area (Å²) in [6.07, 6.45) is 5.30. The number of benzene rings is 1. The van der Waals surface area contributed by atoms with Gasteiger partial charge < -0.3 is 0 Å². The number of hydrogen-bond donors (Lipinski definition) is 2. The average Bonchev–Trinajstić information content (AvgIpc) is 2.42. The molecule has 0 saturated heterocycles. The zero-order valence-electron chi connectivity index (χ0n) is 12.1. The van der Waals surface area contributed by atoms with Crippen LogP contribution in [0.3, 0.4) is 0 Å². The molecular formula is C16H26N2S. The lowest BCUT2D eigenvalue weighted by Crippen LogP contribution is -2.35. The first-order valence-corrected chi connectivity index (χ1v) is 8.42. The highest BCUT2D eigenvalue weighted by Gasteiger charge is 2.26. The van der Waals surface area contributed by atoms with Crippen molar-refractivity contribution in [3.63, 3.8) is 0 Å². The molecule has 2 nitrogen and oxygen atoms in total. The van der Waals surface area contributed by atoms with Crippen LogP contribution in [0, 0.1) is 11.8 Å². The second kappa shape index (κ2) is 7.32. The summed E-state index contributed by atoms with van der Waals surface area (Å²) in [5.74, 6) is 8.46. The van der Waals surface area contributed by atoms with E-state index in [0.29, 0.717) is 12.0 Å². The summed E-state index contributed by atoms with van der Waals surface area (Å²) in [6, 6.07) is 9.23. The lowest BCUT2D eigenvalue weighted by atomic mass is 9.77. The summed E-state index contributed by atoms with van der Waals surface area (Å²) < 4.78 is 0. The van der Waals surface area contributed by atoms with Crippen LogP contribution in [0.15, 0.2) is 29.2 Å². The lowest BCUT2D eigenvalue weighted by molar-refractivity contribution is 0.224. The Morgan fingerprint density at radius 2 is 2.05 bits per heavy atom. The van der Waals surface area contributed by atoms with Crippen molar-refractivity contribution < 1.29 is 0 Å². The van der Waals surface area contributed by atoms with Crippen molar-refractivity contribution in [1.82, 2.24) is 5.43 Å². The summed E-state index contributed by atoms with van der Waals surface area (Å²) in [7, 11) is 0. The molecule has 3 unspecified atom stereocenters. The Hall–Kier alpha value is -0.510. The third kappa shape index (κ3) is 3.98. The normalized spacial score (nSPS) is 25.2. The second-order valence-corrected chi connectivity index (χ2v) is 7.02. The standard InChI is InChI=1S/C16H26N2S/c1-3-19-15-9-7-13(8-10-15)16(18-17)14-6-4-5-12(2)11-14/h7-10,12,14,16,18H,3-6,11,17H2,1-2H3. The smallest absolute Gasteiger partial charge is 0.0488 e. The van der Waals surface area contributed by atoms with Gasteiger partial charge in [0.25, 0.3) is 0 Å². The van der Waals surface area contributed by atoms with Crippen LogP contribution in [0.1, 0.15) is 51.1 Å². The number of nitrogens with two attached hydrogens (primary N) is 1. The first kappa shape index (κ1) is 14.9. The van der Waals surface area contributed by atoms with Crippen LogP contribution < -0.4 is 11.3 Å². The quantitative estimate of drug-likeness (QED) is 0.483. The minimum absolute atomic E-state index is 0.309. The van der Waals surface area contributed by atoms with E-state index in [-0.39, 0.29) is 0 Å². The van der Waals surface area contributed by atoms with Gasteiger partial charge in [0.15, 0.2) is 0 Å². The van der Waals surface area contributed by atoms with E-state index in [1.54, 1.807) is 0 Å². The summed E-state index contributed by atoms with van der Waals surface area (Å²) in [5, 5.41) is 0. The van der Waals surface area contributed by atoms with Crippen LogP contribution in [0.4, 0.5) is 0 Å². The number of thioether (sulfide) groups is 1. The minimum atomic E-state index is 0.309. The van der Waals surface area contributed by atoms with E-state index in [1.165, 1.54) is 36.1 Å². The van der Waals surface area contributed by atoms with Gasteiger partial charge in [-0.3, -0.25) is 11.3 Å². The summed E-state index contributed by atoms with van der Waals surface area (Å²) in [6.45, 7) is 4.55. The van der Waals surface area contributed by atoms with E-state index in [2.05, 4.69) is 43.5 Å². The fourth-order valence-electron chi connectivity index (χ4n) is 3.23. The molecule has 1 aliphatic carbocycles. The first-order chi connectivity index (χ1) is 9.24. The van der Waals surface area contributed by atoms with Gasteiger partial charge >= 0.3 is 0 Å². The van der Waals surface area contributed by atoms with Gasteiger partial charge in [0.05, 0.1) is 0 Å². The Bertz CT molecular complexity index is 377. The predicted octanol–water partition coefficient (Wildman–Crippen LogP) is 4.13. The fraction of sp³-hybridized carbons (Fsp3) is 0.625. The van der Waals surface area contributed by atoms with Crippen molar-refractivity contribution in [3.05, 3.63) is 29.8 Å². The molecule has 0 aliphatic heterocycles. The molecule has 1 fully saturated rings. The summed E-state index contributed by atoms with van der Waals surface area (Å²) in [5.41, 5.74) is 4.39. The molecule has 0 amide bonds. The highest BCUT2D eigenvalue weighted by atomic mass is 32.2. The van der Waals surface area contributed by atoms with E-state index >= 15 is 0 Å². The Balaban J connectivity index is 2.07.